The van der Waals surface area contributed by atoms with Gasteiger partial charge in [-0.15, -0.1) is 0 Å². The van der Waals surface area contributed by atoms with Crippen molar-refractivity contribution in [3.05, 3.63) is 23.3 Å². The van der Waals surface area contributed by atoms with Gasteiger partial charge in [-0.2, -0.15) is 5.26 Å². The topological polar surface area (TPSA) is 50.1 Å². The molecule has 0 atom stereocenters. The maximum atomic E-state index is 11.1. The zero-order valence-corrected chi connectivity index (χ0v) is 7.54. The Balaban J connectivity index is 2.58. The van der Waals surface area contributed by atoms with Crippen LogP contribution in [0.4, 0.5) is 0 Å². The van der Waals surface area contributed by atoms with Crippen LogP contribution in [0.5, 0.6) is 0 Å². The van der Waals surface area contributed by atoms with Gasteiger partial charge in [-0.1, -0.05) is 12.2 Å². The van der Waals surface area contributed by atoms with E-state index >= 15 is 0 Å². The molecule has 0 unspecified atom stereocenters. The zero-order valence-electron chi connectivity index (χ0n) is 7.54. The van der Waals surface area contributed by atoms with Crippen molar-refractivity contribution in [2.75, 3.05) is 6.61 Å². The van der Waals surface area contributed by atoms with E-state index in [1.54, 1.807) is 6.92 Å². The monoisotopic (exact) mass is 177 g/mol. The van der Waals surface area contributed by atoms with Crippen LogP contribution in [-0.2, 0) is 9.53 Å². The Kier molecular flexibility index (Phi) is 3.27. The van der Waals surface area contributed by atoms with Crippen LogP contribution in [-0.4, -0.2) is 12.6 Å². The molecule has 68 valence electrons. The Labute approximate surface area is 77.3 Å². The summed E-state index contributed by atoms with van der Waals surface area (Å²) in [6, 6.07) is 2.07. The minimum atomic E-state index is -0.267. The molecule has 0 saturated heterocycles. The van der Waals surface area contributed by atoms with Gasteiger partial charge in [-0.05, 0) is 12.5 Å². The van der Waals surface area contributed by atoms with E-state index in [2.05, 4.69) is 6.07 Å². The summed E-state index contributed by atoms with van der Waals surface area (Å²) in [7, 11) is 0. The minimum absolute atomic E-state index is 0.216. The molecule has 0 N–H and O–H groups in total. The third-order valence-electron chi connectivity index (χ3n) is 1.80. The Morgan fingerprint density at radius 2 is 2.54 bits per heavy atom. The van der Waals surface area contributed by atoms with E-state index < -0.39 is 0 Å². The molecule has 0 amide bonds. The summed E-state index contributed by atoms with van der Waals surface area (Å²) in [4.78, 5) is 11.1. The second-order valence-corrected chi connectivity index (χ2v) is 2.70. The van der Waals surface area contributed by atoms with Crippen molar-refractivity contribution in [2.24, 2.45) is 0 Å². The normalized spacial score (nSPS) is 14.5. The number of nitrogens with zero attached hydrogens (tertiary/aromatic N) is 1. The molecule has 1 aliphatic carbocycles. The average molecular weight is 177 g/mol. The maximum absolute atomic E-state index is 11.1. The van der Waals surface area contributed by atoms with Crippen molar-refractivity contribution in [1.29, 1.82) is 5.26 Å². The molecule has 0 aromatic carbocycles. The van der Waals surface area contributed by atoms with Crippen LogP contribution in [0.1, 0.15) is 19.8 Å². The summed E-state index contributed by atoms with van der Waals surface area (Å²) in [5, 5.41) is 8.68. The standard InChI is InChI=1S/C10H11NO2/c1-2-13-10(12)6-8-4-3-5-9(8)7-11/h3-4H,2,5-6H2,1H3. The summed E-state index contributed by atoms with van der Waals surface area (Å²) in [5.41, 5.74) is 1.47. The van der Waals surface area contributed by atoms with Gasteiger partial charge in [0.2, 0.25) is 0 Å². The number of allylic oxidation sites excluding steroid dienone is 3. The third-order valence-corrected chi connectivity index (χ3v) is 1.80. The van der Waals surface area contributed by atoms with Gasteiger partial charge in [0.05, 0.1) is 19.1 Å². The highest BCUT2D eigenvalue weighted by Crippen LogP contribution is 2.21. The second-order valence-electron chi connectivity index (χ2n) is 2.70. The van der Waals surface area contributed by atoms with E-state index in [1.165, 1.54) is 0 Å². The van der Waals surface area contributed by atoms with Gasteiger partial charge in [-0.3, -0.25) is 4.79 Å². The van der Waals surface area contributed by atoms with Crippen LogP contribution in [0.2, 0.25) is 0 Å². The fraction of sp³-hybridized carbons (Fsp3) is 0.400. The van der Waals surface area contributed by atoms with Crippen LogP contribution in [0.3, 0.4) is 0 Å². The summed E-state index contributed by atoms with van der Waals surface area (Å²) in [6.07, 6.45) is 4.56. The predicted octanol–water partition coefficient (Wildman–Crippen LogP) is 1.72. The average Bonchev–Trinajstić information content (AvgIpc) is 2.52. The Bertz CT molecular complexity index is 307. The summed E-state index contributed by atoms with van der Waals surface area (Å²) >= 11 is 0. The predicted molar refractivity (Wildman–Crippen MR) is 47.6 cm³/mol. The third kappa shape index (κ3) is 2.45. The van der Waals surface area contributed by atoms with E-state index in [1.807, 2.05) is 12.2 Å². The lowest BCUT2D eigenvalue weighted by Gasteiger charge is -2.01. The molecular formula is C10H11NO2. The molecule has 3 heteroatoms. The highest BCUT2D eigenvalue weighted by molar-refractivity contribution is 5.74. The fourth-order valence-corrected chi connectivity index (χ4v) is 1.20. The Morgan fingerprint density at radius 3 is 3.15 bits per heavy atom. The van der Waals surface area contributed by atoms with Crippen LogP contribution in [0.25, 0.3) is 0 Å². The van der Waals surface area contributed by atoms with Gasteiger partial charge >= 0.3 is 5.97 Å². The molecule has 13 heavy (non-hydrogen) atoms. The molecule has 0 aromatic rings. The van der Waals surface area contributed by atoms with Gasteiger partial charge in [0, 0.05) is 12.0 Å². The molecule has 0 aromatic heterocycles. The smallest absolute Gasteiger partial charge is 0.310 e. The molecule has 0 fully saturated rings. The SMILES string of the molecule is CCOC(=O)CC1=C(C#N)CC=C1. The van der Waals surface area contributed by atoms with Crippen molar-refractivity contribution in [2.45, 2.75) is 19.8 Å². The van der Waals surface area contributed by atoms with Gasteiger partial charge in [0.15, 0.2) is 0 Å². The number of carbonyl (C=O) groups excluding carboxylic acids is 1. The molecule has 0 aliphatic heterocycles. The van der Waals surface area contributed by atoms with Crippen LogP contribution in [0, 0.1) is 11.3 Å². The van der Waals surface area contributed by atoms with Crippen LogP contribution < -0.4 is 0 Å². The number of carbonyl (C=O) groups is 1. The van der Waals surface area contributed by atoms with Crippen LogP contribution in [0.15, 0.2) is 23.3 Å². The maximum Gasteiger partial charge on any atom is 0.310 e. The van der Waals surface area contributed by atoms with E-state index in [-0.39, 0.29) is 12.4 Å². The summed E-state index contributed by atoms with van der Waals surface area (Å²) in [6.45, 7) is 2.15. The van der Waals surface area contributed by atoms with Gasteiger partial charge < -0.3 is 4.74 Å². The first-order valence-electron chi connectivity index (χ1n) is 4.22. The van der Waals surface area contributed by atoms with Crippen molar-refractivity contribution < 1.29 is 9.53 Å². The highest BCUT2D eigenvalue weighted by Gasteiger charge is 2.12. The van der Waals surface area contributed by atoms with E-state index in [0.717, 1.165) is 5.57 Å². The lowest BCUT2D eigenvalue weighted by Crippen LogP contribution is -2.04. The number of hydrogen-bond donors (Lipinski definition) is 0. The Hall–Kier alpha value is -1.56. The first kappa shape index (κ1) is 9.53. The molecular weight excluding hydrogens is 166 g/mol. The number of esters is 1. The molecule has 0 bridgehead atoms. The molecule has 1 rings (SSSR count). The van der Waals surface area contributed by atoms with Crippen molar-refractivity contribution >= 4 is 5.97 Å². The molecule has 0 radical (unpaired) electrons. The Morgan fingerprint density at radius 1 is 1.77 bits per heavy atom. The summed E-state index contributed by atoms with van der Waals surface area (Å²) in [5.74, 6) is -0.267. The molecule has 1 aliphatic rings. The number of nitriles is 1. The quantitative estimate of drug-likeness (QED) is 0.617. The van der Waals surface area contributed by atoms with E-state index in [0.29, 0.717) is 18.6 Å². The van der Waals surface area contributed by atoms with Gasteiger partial charge in [0.1, 0.15) is 0 Å². The van der Waals surface area contributed by atoms with Crippen molar-refractivity contribution in [3.63, 3.8) is 0 Å². The minimum Gasteiger partial charge on any atom is -0.466 e. The lowest BCUT2D eigenvalue weighted by molar-refractivity contribution is -0.142. The number of hydrogen-bond acceptors (Lipinski definition) is 3. The van der Waals surface area contributed by atoms with Gasteiger partial charge in [0.25, 0.3) is 0 Å². The first-order chi connectivity index (χ1) is 6.27. The molecule has 0 spiro atoms. The lowest BCUT2D eigenvalue weighted by atomic mass is 10.1. The van der Waals surface area contributed by atoms with E-state index in [4.69, 9.17) is 10.00 Å². The molecule has 0 saturated carbocycles. The first-order valence-corrected chi connectivity index (χ1v) is 4.22. The van der Waals surface area contributed by atoms with E-state index in [9.17, 15) is 4.79 Å². The van der Waals surface area contributed by atoms with Gasteiger partial charge in [-0.25, -0.2) is 0 Å². The molecule has 0 heterocycles. The zero-order chi connectivity index (χ0) is 9.68. The second kappa shape index (κ2) is 4.46. The largest absolute Gasteiger partial charge is 0.466 e. The highest BCUT2D eigenvalue weighted by atomic mass is 16.5. The van der Waals surface area contributed by atoms with Crippen molar-refractivity contribution in [1.82, 2.24) is 0 Å². The van der Waals surface area contributed by atoms with Crippen molar-refractivity contribution in [3.8, 4) is 6.07 Å². The fourth-order valence-electron chi connectivity index (χ4n) is 1.20. The molecule has 3 nitrogen and oxygen atoms in total. The number of ether oxygens (including phenoxy) is 1. The summed E-state index contributed by atoms with van der Waals surface area (Å²) < 4.78 is 4.78. The number of rotatable bonds is 3. The van der Waals surface area contributed by atoms with Crippen LogP contribution >= 0.6 is 0 Å².